The van der Waals surface area contributed by atoms with E-state index in [2.05, 4.69) is 57.2 Å². The van der Waals surface area contributed by atoms with Crippen LogP contribution in [0.25, 0.3) is 0 Å². The number of unbranched alkanes of at least 4 members (excludes halogenated alkanes) is 15. The molecule has 338 valence electrons. The fourth-order valence-electron chi connectivity index (χ4n) is 6.10. The summed E-state index contributed by atoms with van der Waals surface area (Å²) in [6, 6.07) is 0. The molecule has 58 heavy (non-hydrogen) atoms. The van der Waals surface area contributed by atoms with E-state index in [-0.39, 0.29) is 38.3 Å². The number of carbonyl (C=O) groups excluding carboxylic acids is 3. The summed E-state index contributed by atoms with van der Waals surface area (Å²) in [7, 11) is 3.78. The Morgan fingerprint density at radius 2 is 1.03 bits per heavy atom. The van der Waals surface area contributed by atoms with E-state index < -0.39 is 24.3 Å². The van der Waals surface area contributed by atoms with Crippen LogP contribution in [0.5, 0.6) is 0 Å². The molecule has 10 heteroatoms. The number of ether oxygens (including phenoxy) is 6. The second-order valence-corrected chi connectivity index (χ2v) is 15.8. The van der Waals surface area contributed by atoms with Crippen molar-refractivity contribution in [3.63, 3.8) is 0 Å². The van der Waals surface area contributed by atoms with Gasteiger partial charge in [0, 0.05) is 26.0 Å². The van der Waals surface area contributed by atoms with Crippen molar-refractivity contribution >= 4 is 18.1 Å². The van der Waals surface area contributed by atoms with Crippen LogP contribution in [0.4, 0.5) is 4.79 Å². The van der Waals surface area contributed by atoms with Crippen molar-refractivity contribution in [2.24, 2.45) is 5.92 Å². The molecule has 3 unspecified atom stereocenters. The van der Waals surface area contributed by atoms with Gasteiger partial charge in [-0.05, 0) is 78.8 Å². The van der Waals surface area contributed by atoms with Gasteiger partial charge in [-0.1, -0.05) is 134 Å². The minimum absolute atomic E-state index is 0.0359. The average molecular weight is 822 g/mol. The Balaban J connectivity index is 4.83. The highest BCUT2D eigenvalue weighted by Crippen LogP contribution is 2.13. The zero-order valence-electron chi connectivity index (χ0n) is 38.0. The van der Waals surface area contributed by atoms with E-state index in [0.29, 0.717) is 32.6 Å². The van der Waals surface area contributed by atoms with Gasteiger partial charge in [-0.2, -0.15) is 0 Å². The van der Waals surface area contributed by atoms with Crippen LogP contribution in [-0.4, -0.2) is 89.1 Å². The van der Waals surface area contributed by atoms with Crippen molar-refractivity contribution in [2.45, 2.75) is 194 Å². The van der Waals surface area contributed by atoms with Gasteiger partial charge in [-0.3, -0.25) is 9.59 Å². The summed E-state index contributed by atoms with van der Waals surface area (Å²) in [6.07, 6.45) is 35.9. The first-order valence-corrected chi connectivity index (χ1v) is 23.2. The van der Waals surface area contributed by atoms with E-state index >= 15 is 0 Å². The van der Waals surface area contributed by atoms with Gasteiger partial charge in [-0.15, -0.1) is 0 Å². The Kier molecular flexibility index (Phi) is 40.5. The summed E-state index contributed by atoms with van der Waals surface area (Å²) in [5, 5.41) is 0. The number of esters is 2. The third-order valence-corrected chi connectivity index (χ3v) is 9.51. The zero-order valence-corrected chi connectivity index (χ0v) is 38.0. The second kappa shape index (κ2) is 42.4. The minimum atomic E-state index is -0.815. The molecule has 0 heterocycles. The lowest BCUT2D eigenvalue weighted by molar-refractivity contribution is -0.160. The number of carbonyl (C=O) groups is 3. The maximum atomic E-state index is 12.9. The van der Waals surface area contributed by atoms with Crippen molar-refractivity contribution in [1.29, 1.82) is 0 Å². The largest absolute Gasteiger partial charge is 0.508 e. The molecule has 0 aliphatic rings. The molecule has 0 saturated heterocycles. The van der Waals surface area contributed by atoms with Gasteiger partial charge in [0.1, 0.15) is 25.9 Å². The molecular formula is C48H87NO9. The van der Waals surface area contributed by atoms with Crippen molar-refractivity contribution in [1.82, 2.24) is 4.90 Å². The lowest BCUT2D eigenvalue weighted by Gasteiger charge is -2.20. The number of rotatable bonds is 41. The molecule has 0 aromatic heterocycles. The predicted molar refractivity (Wildman–Crippen MR) is 237 cm³/mol. The molecule has 0 amide bonds. The van der Waals surface area contributed by atoms with Gasteiger partial charge < -0.3 is 33.3 Å². The summed E-state index contributed by atoms with van der Waals surface area (Å²) < 4.78 is 34.0. The Morgan fingerprint density at radius 1 is 0.534 bits per heavy atom. The van der Waals surface area contributed by atoms with E-state index in [9.17, 15) is 14.4 Å². The van der Waals surface area contributed by atoms with Crippen molar-refractivity contribution in [3.8, 4) is 0 Å². The maximum absolute atomic E-state index is 12.9. The molecular weight excluding hydrogens is 735 g/mol. The van der Waals surface area contributed by atoms with Crippen LogP contribution in [0.15, 0.2) is 36.5 Å². The smallest absolute Gasteiger partial charge is 0.465 e. The molecule has 0 bridgehead atoms. The Bertz CT molecular complexity index is 1040. The summed E-state index contributed by atoms with van der Waals surface area (Å²) in [5.41, 5.74) is 0. The van der Waals surface area contributed by atoms with E-state index in [1.165, 1.54) is 64.2 Å². The zero-order chi connectivity index (χ0) is 42.7. The molecule has 3 atom stereocenters. The van der Waals surface area contributed by atoms with Gasteiger partial charge in [0.05, 0.1) is 18.9 Å². The number of allylic oxidation sites excluding steroid dienone is 5. The highest BCUT2D eigenvalue weighted by molar-refractivity contribution is 5.69. The molecule has 0 fully saturated rings. The SMILES string of the molecule is CCCC/C=C/CCOC(CCC(=O)OCC(COC(=O)CCCCCCC/C=C\C/C=C\CCCCC)COC(=O)OC(C)CN(C)C)OCCCCCCCC. The average Bonchev–Trinajstić information content (AvgIpc) is 3.19. The first kappa shape index (κ1) is 55.3. The molecule has 0 rings (SSSR count). The van der Waals surface area contributed by atoms with E-state index in [1.54, 1.807) is 6.92 Å². The predicted octanol–water partition coefficient (Wildman–Crippen LogP) is 12.2. The first-order chi connectivity index (χ1) is 28.2. The third kappa shape index (κ3) is 40.1. The van der Waals surface area contributed by atoms with Gasteiger partial charge in [0.25, 0.3) is 0 Å². The summed E-state index contributed by atoms with van der Waals surface area (Å²) in [5.74, 6) is -1.27. The molecule has 0 radical (unpaired) electrons. The fraction of sp³-hybridized carbons (Fsp3) is 0.812. The quantitative estimate of drug-likeness (QED) is 0.0194. The van der Waals surface area contributed by atoms with Gasteiger partial charge >= 0.3 is 18.1 Å². The highest BCUT2D eigenvalue weighted by atomic mass is 16.7. The van der Waals surface area contributed by atoms with Crippen molar-refractivity contribution < 1.29 is 42.8 Å². The lowest BCUT2D eigenvalue weighted by Crippen LogP contribution is -2.30. The Morgan fingerprint density at radius 3 is 1.71 bits per heavy atom. The Hall–Kier alpha value is -2.69. The van der Waals surface area contributed by atoms with Gasteiger partial charge in [0.15, 0.2) is 6.29 Å². The van der Waals surface area contributed by atoms with Gasteiger partial charge in [-0.25, -0.2) is 4.79 Å². The second-order valence-electron chi connectivity index (χ2n) is 15.8. The van der Waals surface area contributed by atoms with E-state index in [4.69, 9.17) is 28.4 Å². The van der Waals surface area contributed by atoms with Crippen LogP contribution in [-0.2, 0) is 38.0 Å². The van der Waals surface area contributed by atoms with Crippen LogP contribution in [0.1, 0.15) is 182 Å². The molecule has 0 aromatic carbocycles. The van der Waals surface area contributed by atoms with Crippen molar-refractivity contribution in [3.05, 3.63) is 36.5 Å². The summed E-state index contributed by atoms with van der Waals surface area (Å²) >= 11 is 0. The maximum Gasteiger partial charge on any atom is 0.508 e. The van der Waals surface area contributed by atoms with Crippen LogP contribution < -0.4 is 0 Å². The summed E-state index contributed by atoms with van der Waals surface area (Å²) in [4.78, 5) is 39.8. The molecule has 0 saturated carbocycles. The topological polar surface area (TPSA) is 110 Å². The third-order valence-electron chi connectivity index (χ3n) is 9.51. The van der Waals surface area contributed by atoms with Crippen LogP contribution >= 0.6 is 0 Å². The molecule has 0 N–H and O–H groups in total. The van der Waals surface area contributed by atoms with Crippen LogP contribution in [0.3, 0.4) is 0 Å². The minimum Gasteiger partial charge on any atom is -0.465 e. The molecule has 10 nitrogen and oxygen atoms in total. The van der Waals surface area contributed by atoms with E-state index in [1.807, 2.05) is 19.0 Å². The molecule has 0 aromatic rings. The van der Waals surface area contributed by atoms with Gasteiger partial charge in [0.2, 0.25) is 0 Å². The molecule has 0 aliphatic heterocycles. The fourth-order valence-corrected chi connectivity index (χ4v) is 6.10. The highest BCUT2D eigenvalue weighted by Gasteiger charge is 2.20. The standard InChI is InChI=1S/C48H87NO9/c1-7-10-13-16-19-20-21-22-23-24-25-26-27-28-31-34-45(50)55-40-44(42-57-48(52)58-43(4)39-49(5)6)41-56-46(51)35-36-47(53-37-32-29-17-14-11-8-2)54-38-33-30-18-15-12-9-3/h17,19-20,22-23,29,43-44,47H,7-16,18,21,24-28,30-42H2,1-6H3/b20-19-,23-22-,29-17+. The van der Waals surface area contributed by atoms with Crippen molar-refractivity contribution in [2.75, 3.05) is 53.7 Å². The van der Waals surface area contributed by atoms with Crippen LogP contribution in [0.2, 0.25) is 0 Å². The van der Waals surface area contributed by atoms with Crippen LogP contribution in [0, 0.1) is 5.92 Å². The molecule has 0 aliphatic carbocycles. The number of nitrogens with zero attached hydrogens (tertiary/aromatic N) is 1. The normalized spacial score (nSPS) is 13.4. The first-order valence-electron chi connectivity index (χ1n) is 23.2. The summed E-state index contributed by atoms with van der Waals surface area (Å²) in [6.45, 7) is 9.84. The number of hydrogen-bond donors (Lipinski definition) is 0. The number of hydrogen-bond acceptors (Lipinski definition) is 10. The number of likely N-dealkylation sites (N-methyl/N-ethyl adjacent to an activating group) is 1. The molecule has 0 spiro atoms. The monoisotopic (exact) mass is 822 g/mol. The lowest BCUT2D eigenvalue weighted by atomic mass is 10.1. The Labute approximate surface area is 355 Å². The van der Waals surface area contributed by atoms with E-state index in [0.717, 1.165) is 70.6 Å².